The van der Waals surface area contributed by atoms with Crippen molar-refractivity contribution >= 4 is 5.82 Å². The summed E-state index contributed by atoms with van der Waals surface area (Å²) < 4.78 is 5.61. The van der Waals surface area contributed by atoms with Gasteiger partial charge < -0.3 is 10.1 Å². The molecule has 0 atom stereocenters. The van der Waals surface area contributed by atoms with Gasteiger partial charge in [0.2, 0.25) is 0 Å². The molecule has 1 aromatic heterocycles. The molecule has 0 aromatic carbocycles. The third-order valence-corrected chi connectivity index (χ3v) is 3.63. The first-order valence-electron chi connectivity index (χ1n) is 6.73. The van der Waals surface area contributed by atoms with Crippen LogP contribution in [0.15, 0.2) is 18.3 Å². The first kappa shape index (κ1) is 10.9. The van der Waals surface area contributed by atoms with Crippen molar-refractivity contribution in [3.63, 3.8) is 0 Å². The molecule has 0 saturated heterocycles. The van der Waals surface area contributed by atoms with E-state index in [-0.39, 0.29) is 0 Å². The van der Waals surface area contributed by atoms with Gasteiger partial charge in [0.1, 0.15) is 0 Å². The van der Waals surface area contributed by atoms with Gasteiger partial charge in [-0.1, -0.05) is 0 Å². The first-order chi connectivity index (χ1) is 8.38. The van der Waals surface area contributed by atoms with Crippen molar-refractivity contribution in [2.45, 2.75) is 38.6 Å². The highest BCUT2D eigenvalue weighted by atomic mass is 16.5. The molecular formula is C14H20N2O. The van der Waals surface area contributed by atoms with Crippen molar-refractivity contribution in [1.82, 2.24) is 4.98 Å². The molecule has 0 amide bonds. The first-order valence-corrected chi connectivity index (χ1v) is 6.73. The molecule has 0 aliphatic heterocycles. The Hall–Kier alpha value is -1.25. The van der Waals surface area contributed by atoms with Gasteiger partial charge in [0.15, 0.2) is 11.6 Å². The van der Waals surface area contributed by atoms with Gasteiger partial charge >= 0.3 is 0 Å². The van der Waals surface area contributed by atoms with Crippen molar-refractivity contribution in [2.24, 2.45) is 11.8 Å². The highest BCUT2D eigenvalue weighted by Gasteiger charge is 2.41. The normalized spacial score (nSPS) is 19.4. The van der Waals surface area contributed by atoms with Crippen molar-refractivity contribution in [3.05, 3.63) is 18.3 Å². The van der Waals surface area contributed by atoms with E-state index >= 15 is 0 Å². The molecule has 2 fully saturated rings. The molecular weight excluding hydrogens is 212 g/mol. The van der Waals surface area contributed by atoms with Gasteiger partial charge in [-0.15, -0.1) is 0 Å². The zero-order chi connectivity index (χ0) is 11.7. The van der Waals surface area contributed by atoms with E-state index in [1.807, 2.05) is 25.3 Å². The Morgan fingerprint density at radius 3 is 2.65 bits per heavy atom. The summed E-state index contributed by atoms with van der Waals surface area (Å²) >= 11 is 0. The Morgan fingerprint density at radius 1 is 1.35 bits per heavy atom. The number of nitrogens with one attached hydrogen (secondary N) is 1. The van der Waals surface area contributed by atoms with E-state index in [0.29, 0.717) is 12.6 Å². The summed E-state index contributed by atoms with van der Waals surface area (Å²) in [5.41, 5.74) is 0. The van der Waals surface area contributed by atoms with Gasteiger partial charge in [0.05, 0.1) is 6.61 Å². The summed E-state index contributed by atoms with van der Waals surface area (Å²) in [5.74, 6) is 3.57. The van der Waals surface area contributed by atoms with Crippen LogP contribution in [-0.2, 0) is 0 Å². The van der Waals surface area contributed by atoms with Crippen molar-refractivity contribution in [3.8, 4) is 5.75 Å². The predicted octanol–water partition coefficient (Wildman–Crippen LogP) is 3.08. The average Bonchev–Trinajstić information content (AvgIpc) is 3.21. The molecule has 0 unspecified atom stereocenters. The molecule has 2 aliphatic rings. The summed E-state index contributed by atoms with van der Waals surface area (Å²) in [4.78, 5) is 4.42. The number of hydrogen-bond donors (Lipinski definition) is 1. The van der Waals surface area contributed by atoms with Gasteiger partial charge in [-0.2, -0.15) is 0 Å². The maximum absolute atomic E-state index is 5.61. The third-order valence-electron chi connectivity index (χ3n) is 3.63. The molecule has 0 bridgehead atoms. The van der Waals surface area contributed by atoms with Crippen molar-refractivity contribution in [2.75, 3.05) is 11.9 Å². The Balaban J connectivity index is 1.73. The second-order valence-corrected chi connectivity index (χ2v) is 5.13. The lowest BCUT2D eigenvalue weighted by Crippen LogP contribution is -2.25. The molecule has 1 N–H and O–H groups in total. The SMILES string of the molecule is CCOc1cccnc1NC(C1CC1)C1CC1. The number of anilines is 1. The zero-order valence-corrected chi connectivity index (χ0v) is 10.4. The molecule has 2 saturated carbocycles. The van der Waals surface area contributed by atoms with Gasteiger partial charge in [0, 0.05) is 12.2 Å². The lowest BCUT2D eigenvalue weighted by atomic mass is 10.1. The molecule has 1 heterocycles. The number of pyridine rings is 1. The zero-order valence-electron chi connectivity index (χ0n) is 10.4. The van der Waals surface area contributed by atoms with Crippen LogP contribution in [0, 0.1) is 11.8 Å². The second kappa shape index (κ2) is 4.55. The fraction of sp³-hybridized carbons (Fsp3) is 0.643. The Labute approximate surface area is 103 Å². The predicted molar refractivity (Wildman–Crippen MR) is 68.3 cm³/mol. The van der Waals surface area contributed by atoms with E-state index in [1.54, 1.807) is 0 Å². The summed E-state index contributed by atoms with van der Waals surface area (Å²) in [6, 6.07) is 4.55. The van der Waals surface area contributed by atoms with E-state index in [4.69, 9.17) is 4.74 Å². The van der Waals surface area contributed by atoms with E-state index in [9.17, 15) is 0 Å². The minimum atomic E-state index is 0.629. The molecule has 3 nitrogen and oxygen atoms in total. The van der Waals surface area contributed by atoms with Gasteiger partial charge in [-0.05, 0) is 56.6 Å². The van der Waals surface area contributed by atoms with Crippen LogP contribution in [0.5, 0.6) is 5.75 Å². The molecule has 0 radical (unpaired) electrons. The lowest BCUT2D eigenvalue weighted by Gasteiger charge is -2.20. The van der Waals surface area contributed by atoms with Crippen LogP contribution in [0.2, 0.25) is 0 Å². The molecule has 1 aromatic rings. The van der Waals surface area contributed by atoms with Crippen LogP contribution in [0.1, 0.15) is 32.6 Å². The summed E-state index contributed by atoms with van der Waals surface area (Å²) in [6.07, 6.45) is 7.35. The summed E-state index contributed by atoms with van der Waals surface area (Å²) in [6.45, 7) is 2.70. The molecule has 0 spiro atoms. The van der Waals surface area contributed by atoms with Crippen LogP contribution in [-0.4, -0.2) is 17.6 Å². The van der Waals surface area contributed by atoms with Crippen molar-refractivity contribution in [1.29, 1.82) is 0 Å². The fourth-order valence-corrected chi connectivity index (χ4v) is 2.46. The number of aromatic nitrogens is 1. The van der Waals surface area contributed by atoms with Crippen LogP contribution >= 0.6 is 0 Å². The number of rotatable bonds is 6. The quantitative estimate of drug-likeness (QED) is 0.818. The maximum Gasteiger partial charge on any atom is 0.168 e. The smallest absolute Gasteiger partial charge is 0.168 e. The van der Waals surface area contributed by atoms with Gasteiger partial charge in [-0.25, -0.2) is 4.98 Å². The van der Waals surface area contributed by atoms with Gasteiger partial charge in [-0.3, -0.25) is 0 Å². The molecule has 2 aliphatic carbocycles. The monoisotopic (exact) mass is 232 g/mol. The van der Waals surface area contributed by atoms with E-state index in [0.717, 1.165) is 23.4 Å². The van der Waals surface area contributed by atoms with Crippen LogP contribution in [0.4, 0.5) is 5.82 Å². The van der Waals surface area contributed by atoms with E-state index in [2.05, 4.69) is 10.3 Å². The minimum absolute atomic E-state index is 0.629. The Bertz CT molecular complexity index is 374. The van der Waals surface area contributed by atoms with E-state index in [1.165, 1.54) is 25.7 Å². The molecule has 17 heavy (non-hydrogen) atoms. The highest BCUT2D eigenvalue weighted by Crippen LogP contribution is 2.46. The minimum Gasteiger partial charge on any atom is -0.490 e. The third kappa shape index (κ3) is 2.54. The highest BCUT2D eigenvalue weighted by molar-refractivity contribution is 5.50. The van der Waals surface area contributed by atoms with Crippen LogP contribution in [0.25, 0.3) is 0 Å². The Kier molecular flexibility index (Phi) is 2.91. The Morgan fingerprint density at radius 2 is 2.06 bits per heavy atom. The van der Waals surface area contributed by atoms with Crippen LogP contribution < -0.4 is 10.1 Å². The van der Waals surface area contributed by atoms with Crippen molar-refractivity contribution < 1.29 is 4.74 Å². The fourth-order valence-electron chi connectivity index (χ4n) is 2.46. The summed E-state index contributed by atoms with van der Waals surface area (Å²) in [7, 11) is 0. The summed E-state index contributed by atoms with van der Waals surface area (Å²) in [5, 5.41) is 3.62. The number of ether oxygens (including phenoxy) is 1. The van der Waals surface area contributed by atoms with E-state index < -0.39 is 0 Å². The average molecular weight is 232 g/mol. The second-order valence-electron chi connectivity index (χ2n) is 5.13. The molecule has 3 heteroatoms. The molecule has 92 valence electrons. The maximum atomic E-state index is 5.61. The number of nitrogens with zero attached hydrogens (tertiary/aromatic N) is 1. The largest absolute Gasteiger partial charge is 0.490 e. The standard InChI is InChI=1S/C14H20N2O/c1-2-17-12-4-3-9-15-14(12)16-13(10-5-6-10)11-7-8-11/h3-4,9-11,13H,2,5-8H2,1H3,(H,15,16). The van der Waals surface area contributed by atoms with Crippen LogP contribution in [0.3, 0.4) is 0 Å². The van der Waals surface area contributed by atoms with Gasteiger partial charge in [0.25, 0.3) is 0 Å². The lowest BCUT2D eigenvalue weighted by molar-refractivity contribution is 0.340. The number of hydrogen-bond acceptors (Lipinski definition) is 3. The topological polar surface area (TPSA) is 34.1 Å². The molecule has 3 rings (SSSR count).